The molecule has 0 aliphatic rings. The van der Waals surface area contributed by atoms with Crippen LogP contribution < -0.4 is 0 Å². The molecule has 1 N–H and O–H groups in total. The SMILES string of the molecule is CCCCCC=CCC=CCCCCCCCCCC(CCCCCCCC(=O)O)OC(=O)CCCN(C)C. The van der Waals surface area contributed by atoms with Crippen LogP contribution in [0.25, 0.3) is 0 Å². The Labute approximate surface area is 241 Å². The van der Waals surface area contributed by atoms with Gasteiger partial charge in [0.1, 0.15) is 6.10 Å². The number of esters is 1. The first kappa shape index (κ1) is 37.4. The molecule has 0 rings (SSSR count). The van der Waals surface area contributed by atoms with Crippen LogP contribution in [0.5, 0.6) is 0 Å². The number of aliphatic carboxylic acids is 1. The lowest BCUT2D eigenvalue weighted by Gasteiger charge is -2.18. The Balaban J connectivity index is 3.94. The highest BCUT2D eigenvalue weighted by Crippen LogP contribution is 2.18. The van der Waals surface area contributed by atoms with Gasteiger partial charge >= 0.3 is 11.9 Å². The first-order valence-electron chi connectivity index (χ1n) is 16.3. The highest BCUT2D eigenvalue weighted by Gasteiger charge is 2.14. The van der Waals surface area contributed by atoms with Crippen LogP contribution in [0.4, 0.5) is 0 Å². The number of carbonyl (C=O) groups excluding carboxylic acids is 1. The molecule has 0 aliphatic carbocycles. The number of ether oxygens (including phenoxy) is 1. The van der Waals surface area contributed by atoms with E-state index in [0.717, 1.165) is 70.8 Å². The number of nitrogens with zero attached hydrogens (tertiary/aromatic N) is 1. The van der Waals surface area contributed by atoms with E-state index in [1.54, 1.807) is 0 Å². The molecule has 1 unspecified atom stereocenters. The summed E-state index contributed by atoms with van der Waals surface area (Å²) in [5.74, 6) is -0.763. The quantitative estimate of drug-likeness (QED) is 0.0571. The molecule has 0 fully saturated rings. The molecule has 0 radical (unpaired) electrons. The molecule has 228 valence electrons. The lowest BCUT2D eigenvalue weighted by molar-refractivity contribution is -0.150. The number of allylic oxidation sites excluding steroid dienone is 4. The summed E-state index contributed by atoms with van der Waals surface area (Å²) in [4.78, 5) is 25.1. The largest absolute Gasteiger partial charge is 0.481 e. The summed E-state index contributed by atoms with van der Waals surface area (Å²) in [6, 6.07) is 0. The minimum Gasteiger partial charge on any atom is -0.481 e. The zero-order valence-corrected chi connectivity index (χ0v) is 26.0. The van der Waals surface area contributed by atoms with Gasteiger partial charge in [0, 0.05) is 12.8 Å². The van der Waals surface area contributed by atoms with Gasteiger partial charge in [-0.05, 0) is 91.3 Å². The second-order valence-corrected chi connectivity index (χ2v) is 11.4. The Morgan fingerprint density at radius 3 is 1.72 bits per heavy atom. The number of carboxylic acid groups (broad SMARTS) is 1. The van der Waals surface area contributed by atoms with E-state index in [1.807, 2.05) is 14.1 Å². The molecule has 0 aromatic carbocycles. The van der Waals surface area contributed by atoms with Crippen LogP contribution >= 0.6 is 0 Å². The monoisotopic (exact) mass is 549 g/mol. The number of hydrogen-bond acceptors (Lipinski definition) is 4. The van der Waals surface area contributed by atoms with Crippen molar-refractivity contribution in [1.29, 1.82) is 0 Å². The Kier molecular flexibility index (Phi) is 28.1. The Bertz CT molecular complexity index is 614. The molecule has 0 aliphatic heterocycles. The maximum absolute atomic E-state index is 12.4. The predicted octanol–water partition coefficient (Wildman–Crippen LogP) is 9.65. The van der Waals surface area contributed by atoms with Crippen molar-refractivity contribution < 1.29 is 19.4 Å². The molecule has 0 aromatic rings. The zero-order chi connectivity index (χ0) is 28.8. The molecular formula is C34H63NO4. The van der Waals surface area contributed by atoms with Gasteiger partial charge in [-0.3, -0.25) is 9.59 Å². The highest BCUT2D eigenvalue weighted by atomic mass is 16.5. The summed E-state index contributed by atoms with van der Waals surface area (Å²) < 4.78 is 5.87. The third kappa shape index (κ3) is 30.8. The fourth-order valence-corrected chi connectivity index (χ4v) is 4.76. The molecule has 0 saturated heterocycles. The lowest BCUT2D eigenvalue weighted by atomic mass is 10.0. The highest BCUT2D eigenvalue weighted by molar-refractivity contribution is 5.69. The number of hydrogen-bond donors (Lipinski definition) is 1. The molecule has 5 nitrogen and oxygen atoms in total. The molecule has 0 saturated carbocycles. The molecule has 5 heteroatoms. The molecule has 0 heterocycles. The van der Waals surface area contributed by atoms with Gasteiger partial charge in [0.2, 0.25) is 0 Å². The smallest absolute Gasteiger partial charge is 0.306 e. The van der Waals surface area contributed by atoms with Crippen LogP contribution in [0.2, 0.25) is 0 Å². The fourth-order valence-electron chi connectivity index (χ4n) is 4.76. The van der Waals surface area contributed by atoms with E-state index < -0.39 is 5.97 Å². The van der Waals surface area contributed by atoms with Crippen LogP contribution in [0, 0.1) is 0 Å². The molecule has 1 atom stereocenters. The summed E-state index contributed by atoms with van der Waals surface area (Å²) in [5.41, 5.74) is 0. The molecule has 0 aromatic heterocycles. The van der Waals surface area contributed by atoms with Crippen LogP contribution in [-0.4, -0.2) is 48.7 Å². The Hall–Kier alpha value is -1.62. The molecular weight excluding hydrogens is 486 g/mol. The van der Waals surface area contributed by atoms with Crippen molar-refractivity contribution in [2.75, 3.05) is 20.6 Å². The second-order valence-electron chi connectivity index (χ2n) is 11.4. The number of unbranched alkanes of at least 4 members (excludes halogenated alkanes) is 14. The number of rotatable bonds is 29. The van der Waals surface area contributed by atoms with Crippen molar-refractivity contribution in [3.8, 4) is 0 Å². The van der Waals surface area contributed by atoms with Crippen molar-refractivity contribution in [2.45, 2.75) is 161 Å². The molecule has 0 bridgehead atoms. The van der Waals surface area contributed by atoms with Gasteiger partial charge < -0.3 is 14.7 Å². The van der Waals surface area contributed by atoms with Gasteiger partial charge in [0.25, 0.3) is 0 Å². The van der Waals surface area contributed by atoms with E-state index in [2.05, 4.69) is 36.1 Å². The topological polar surface area (TPSA) is 66.8 Å². The van der Waals surface area contributed by atoms with Crippen molar-refractivity contribution in [1.82, 2.24) is 4.90 Å². The van der Waals surface area contributed by atoms with E-state index in [0.29, 0.717) is 6.42 Å². The first-order valence-corrected chi connectivity index (χ1v) is 16.3. The van der Waals surface area contributed by atoms with Gasteiger partial charge in [-0.1, -0.05) is 95.4 Å². The summed E-state index contributed by atoms with van der Waals surface area (Å²) in [5, 5.41) is 8.75. The van der Waals surface area contributed by atoms with E-state index in [-0.39, 0.29) is 18.5 Å². The van der Waals surface area contributed by atoms with Gasteiger partial charge in [-0.25, -0.2) is 0 Å². The lowest BCUT2D eigenvalue weighted by Crippen LogP contribution is -2.20. The second kappa shape index (κ2) is 29.4. The minimum atomic E-state index is -0.708. The molecule has 39 heavy (non-hydrogen) atoms. The van der Waals surface area contributed by atoms with Crippen LogP contribution in [0.15, 0.2) is 24.3 Å². The standard InChI is InChI=1S/C34H63NO4/c1-4-5-6-7-8-9-10-11-12-13-14-15-16-17-18-20-23-27-32(39-34(38)30-26-31-35(2)3)28-24-21-19-22-25-29-33(36)37/h8-9,11-12,32H,4-7,10,13-31H2,1-3H3,(H,36,37). The fraction of sp³-hybridized carbons (Fsp3) is 0.824. The van der Waals surface area contributed by atoms with Crippen molar-refractivity contribution >= 4 is 11.9 Å². The first-order chi connectivity index (χ1) is 19.0. The van der Waals surface area contributed by atoms with Gasteiger partial charge in [-0.2, -0.15) is 0 Å². The Morgan fingerprint density at radius 1 is 0.667 bits per heavy atom. The van der Waals surface area contributed by atoms with E-state index in [9.17, 15) is 9.59 Å². The normalized spacial score (nSPS) is 12.6. The summed E-state index contributed by atoms with van der Waals surface area (Å²) in [6.45, 7) is 3.16. The van der Waals surface area contributed by atoms with Gasteiger partial charge in [0.15, 0.2) is 0 Å². The maximum Gasteiger partial charge on any atom is 0.306 e. The van der Waals surface area contributed by atoms with E-state index >= 15 is 0 Å². The Morgan fingerprint density at radius 2 is 1.18 bits per heavy atom. The zero-order valence-electron chi connectivity index (χ0n) is 26.0. The van der Waals surface area contributed by atoms with E-state index in [4.69, 9.17) is 9.84 Å². The van der Waals surface area contributed by atoms with E-state index in [1.165, 1.54) is 70.6 Å². The average molecular weight is 550 g/mol. The third-order valence-electron chi connectivity index (χ3n) is 7.18. The van der Waals surface area contributed by atoms with Crippen molar-refractivity contribution in [3.05, 3.63) is 24.3 Å². The van der Waals surface area contributed by atoms with Crippen molar-refractivity contribution in [2.24, 2.45) is 0 Å². The summed E-state index contributed by atoms with van der Waals surface area (Å²) >= 11 is 0. The predicted molar refractivity (Wildman–Crippen MR) is 166 cm³/mol. The van der Waals surface area contributed by atoms with Crippen LogP contribution in [0.1, 0.15) is 155 Å². The average Bonchev–Trinajstić information content (AvgIpc) is 2.89. The minimum absolute atomic E-state index is 0.0360. The maximum atomic E-state index is 12.4. The van der Waals surface area contributed by atoms with Crippen LogP contribution in [-0.2, 0) is 14.3 Å². The summed E-state index contributed by atoms with van der Waals surface area (Å²) in [6.07, 6.45) is 34.0. The molecule has 0 spiro atoms. The third-order valence-corrected chi connectivity index (χ3v) is 7.18. The van der Waals surface area contributed by atoms with Crippen molar-refractivity contribution in [3.63, 3.8) is 0 Å². The number of carboxylic acids is 1. The van der Waals surface area contributed by atoms with Crippen LogP contribution in [0.3, 0.4) is 0 Å². The number of carbonyl (C=O) groups is 2. The van der Waals surface area contributed by atoms with Gasteiger partial charge in [0.05, 0.1) is 0 Å². The summed E-state index contributed by atoms with van der Waals surface area (Å²) in [7, 11) is 4.05. The molecule has 0 amide bonds. The van der Waals surface area contributed by atoms with Gasteiger partial charge in [-0.15, -0.1) is 0 Å².